The zero-order chi connectivity index (χ0) is 19.8. The number of likely N-dealkylation sites (tertiary alicyclic amines) is 2. The Kier molecular flexibility index (Phi) is 4.99. The van der Waals surface area contributed by atoms with Crippen molar-refractivity contribution in [3.05, 3.63) is 35.7 Å². The van der Waals surface area contributed by atoms with Crippen molar-refractivity contribution >= 4 is 5.91 Å². The van der Waals surface area contributed by atoms with E-state index in [9.17, 15) is 4.79 Å². The van der Waals surface area contributed by atoms with Crippen LogP contribution in [0.25, 0.3) is 5.69 Å². The van der Waals surface area contributed by atoms with Crippen molar-refractivity contribution in [2.24, 2.45) is 0 Å². The van der Waals surface area contributed by atoms with Crippen LogP contribution in [-0.4, -0.2) is 69.0 Å². The molecule has 7 nitrogen and oxygen atoms in total. The van der Waals surface area contributed by atoms with E-state index in [1.807, 2.05) is 36.1 Å². The quantitative estimate of drug-likeness (QED) is 0.779. The lowest BCUT2D eigenvalue weighted by atomic mass is 9.90. The van der Waals surface area contributed by atoms with E-state index in [0.29, 0.717) is 11.8 Å². The van der Waals surface area contributed by atoms with E-state index in [4.69, 9.17) is 4.74 Å². The third-order valence-corrected chi connectivity index (χ3v) is 6.69. The summed E-state index contributed by atoms with van der Waals surface area (Å²) in [6.45, 7) is 5.83. The lowest BCUT2D eigenvalue weighted by Gasteiger charge is -2.41. The number of hydrogen-bond acceptors (Lipinski definition) is 5. The Hall–Kier alpha value is -2.41. The van der Waals surface area contributed by atoms with E-state index in [2.05, 4.69) is 15.2 Å². The van der Waals surface area contributed by atoms with Gasteiger partial charge >= 0.3 is 0 Å². The van der Waals surface area contributed by atoms with Crippen molar-refractivity contribution in [1.82, 2.24) is 24.8 Å². The summed E-state index contributed by atoms with van der Waals surface area (Å²) < 4.78 is 7.95. The molecule has 3 heterocycles. The van der Waals surface area contributed by atoms with Gasteiger partial charge < -0.3 is 14.5 Å². The Morgan fingerprint density at radius 3 is 2.31 bits per heavy atom. The molecule has 0 atom stereocenters. The number of benzene rings is 1. The summed E-state index contributed by atoms with van der Waals surface area (Å²) in [6.07, 6.45) is 7.71. The molecule has 3 fully saturated rings. The van der Waals surface area contributed by atoms with Gasteiger partial charge in [-0.25, -0.2) is 4.68 Å². The van der Waals surface area contributed by atoms with Crippen LogP contribution in [0.2, 0.25) is 0 Å². The molecule has 0 N–H and O–H groups in total. The van der Waals surface area contributed by atoms with Gasteiger partial charge in [0.2, 0.25) is 0 Å². The first-order chi connectivity index (χ1) is 14.2. The van der Waals surface area contributed by atoms with Crippen LogP contribution >= 0.6 is 0 Å². The smallest absolute Gasteiger partial charge is 0.276 e. The molecule has 7 heteroatoms. The van der Waals surface area contributed by atoms with Crippen molar-refractivity contribution < 1.29 is 9.53 Å². The lowest BCUT2D eigenvalue weighted by molar-refractivity contribution is 0.0493. The summed E-state index contributed by atoms with van der Waals surface area (Å²) in [5, 5.41) is 8.33. The minimum absolute atomic E-state index is 0.0202. The number of nitrogens with zero attached hydrogens (tertiary/aromatic N) is 5. The summed E-state index contributed by atoms with van der Waals surface area (Å²) in [5.74, 6) is 0.874. The molecule has 2 saturated heterocycles. The largest absolute Gasteiger partial charge is 0.490 e. The SMILES string of the molecule is Cc1c(C(=O)N2CCC2)nnn1-c1ccc(OC2CCN(C3CCC3)CC2)cc1. The summed E-state index contributed by atoms with van der Waals surface area (Å²) in [4.78, 5) is 16.9. The molecule has 0 spiro atoms. The molecule has 1 amide bonds. The molecule has 1 aromatic carbocycles. The summed E-state index contributed by atoms with van der Waals surface area (Å²) in [7, 11) is 0. The Morgan fingerprint density at radius 1 is 1.00 bits per heavy atom. The predicted molar refractivity (Wildman–Crippen MR) is 109 cm³/mol. The Balaban J connectivity index is 1.20. The van der Waals surface area contributed by atoms with Crippen molar-refractivity contribution in [2.45, 2.75) is 57.6 Å². The lowest BCUT2D eigenvalue weighted by Crippen LogP contribution is -2.46. The average molecular weight is 396 g/mol. The molecule has 2 aliphatic heterocycles. The first kappa shape index (κ1) is 18.6. The van der Waals surface area contributed by atoms with Crippen LogP contribution in [0.4, 0.5) is 0 Å². The highest BCUT2D eigenvalue weighted by Gasteiger charge is 2.29. The highest BCUT2D eigenvalue weighted by molar-refractivity contribution is 5.93. The molecule has 5 rings (SSSR count). The second kappa shape index (κ2) is 7.78. The fourth-order valence-corrected chi connectivity index (χ4v) is 4.41. The molecule has 0 radical (unpaired) electrons. The molecule has 1 aliphatic carbocycles. The predicted octanol–water partition coefficient (Wildman–Crippen LogP) is 2.82. The molecule has 1 aromatic heterocycles. The molecule has 154 valence electrons. The maximum atomic E-state index is 12.4. The van der Waals surface area contributed by atoms with Crippen LogP contribution in [0.1, 0.15) is 54.7 Å². The fraction of sp³-hybridized carbons (Fsp3) is 0.591. The molecular weight excluding hydrogens is 366 g/mol. The van der Waals surface area contributed by atoms with Gasteiger partial charge in [-0.2, -0.15) is 0 Å². The van der Waals surface area contributed by atoms with Crippen LogP contribution in [0.3, 0.4) is 0 Å². The minimum Gasteiger partial charge on any atom is -0.490 e. The van der Waals surface area contributed by atoms with Gasteiger partial charge in [0.05, 0.1) is 11.4 Å². The van der Waals surface area contributed by atoms with Crippen molar-refractivity contribution in [3.63, 3.8) is 0 Å². The van der Waals surface area contributed by atoms with Gasteiger partial charge in [-0.15, -0.1) is 5.10 Å². The Labute approximate surface area is 171 Å². The van der Waals surface area contributed by atoms with Crippen molar-refractivity contribution in [1.29, 1.82) is 0 Å². The zero-order valence-electron chi connectivity index (χ0n) is 17.1. The Morgan fingerprint density at radius 2 is 1.72 bits per heavy atom. The first-order valence-electron chi connectivity index (χ1n) is 10.9. The van der Waals surface area contributed by atoms with E-state index in [1.165, 1.54) is 19.3 Å². The number of hydrogen-bond donors (Lipinski definition) is 0. The zero-order valence-corrected chi connectivity index (χ0v) is 17.1. The maximum Gasteiger partial charge on any atom is 0.276 e. The number of aromatic nitrogens is 3. The minimum atomic E-state index is -0.0202. The van der Waals surface area contributed by atoms with Gasteiger partial charge in [0, 0.05) is 32.2 Å². The van der Waals surface area contributed by atoms with E-state index in [-0.39, 0.29) is 5.91 Å². The average Bonchev–Trinajstić information content (AvgIpc) is 3.02. The molecule has 0 unspecified atom stereocenters. The van der Waals surface area contributed by atoms with E-state index in [0.717, 1.165) is 68.6 Å². The van der Waals surface area contributed by atoms with Crippen LogP contribution in [-0.2, 0) is 0 Å². The Bertz CT molecular complexity index is 862. The molecule has 29 heavy (non-hydrogen) atoms. The van der Waals surface area contributed by atoms with E-state index in [1.54, 1.807) is 4.68 Å². The third kappa shape index (κ3) is 3.64. The van der Waals surface area contributed by atoms with Gasteiger partial charge in [-0.1, -0.05) is 11.6 Å². The number of amides is 1. The number of carbonyl (C=O) groups excluding carboxylic acids is 1. The van der Waals surface area contributed by atoms with Gasteiger partial charge in [0.1, 0.15) is 11.9 Å². The van der Waals surface area contributed by atoms with E-state index < -0.39 is 0 Å². The fourth-order valence-electron chi connectivity index (χ4n) is 4.41. The molecule has 0 bridgehead atoms. The van der Waals surface area contributed by atoms with Crippen LogP contribution < -0.4 is 4.74 Å². The normalized spacial score (nSPS) is 20.9. The summed E-state index contributed by atoms with van der Waals surface area (Å²) in [6, 6.07) is 8.78. The standard InChI is InChI=1S/C22H29N5O2/c1-16-21(22(28)26-12-3-13-26)23-24-27(16)18-6-8-19(9-7-18)29-20-10-14-25(15-11-20)17-4-2-5-17/h6-9,17,20H,2-5,10-15H2,1H3. The number of rotatable bonds is 5. The highest BCUT2D eigenvalue weighted by Crippen LogP contribution is 2.29. The topological polar surface area (TPSA) is 63.5 Å². The van der Waals surface area contributed by atoms with Crippen LogP contribution in [0.15, 0.2) is 24.3 Å². The maximum absolute atomic E-state index is 12.4. The van der Waals surface area contributed by atoms with Gasteiger partial charge in [0.15, 0.2) is 5.69 Å². The van der Waals surface area contributed by atoms with Gasteiger partial charge in [-0.3, -0.25) is 4.79 Å². The molecule has 1 saturated carbocycles. The van der Waals surface area contributed by atoms with Crippen molar-refractivity contribution in [3.8, 4) is 11.4 Å². The molecular formula is C22H29N5O2. The van der Waals surface area contributed by atoms with Crippen molar-refractivity contribution in [2.75, 3.05) is 26.2 Å². The number of piperidine rings is 1. The second-order valence-electron chi connectivity index (χ2n) is 8.51. The number of ether oxygens (including phenoxy) is 1. The van der Waals surface area contributed by atoms with E-state index >= 15 is 0 Å². The number of carbonyl (C=O) groups is 1. The van der Waals surface area contributed by atoms with Crippen LogP contribution in [0.5, 0.6) is 5.75 Å². The van der Waals surface area contributed by atoms with Gasteiger partial charge in [-0.05, 0) is 63.3 Å². The monoisotopic (exact) mass is 395 g/mol. The summed E-state index contributed by atoms with van der Waals surface area (Å²) in [5.41, 5.74) is 2.12. The van der Waals surface area contributed by atoms with Gasteiger partial charge in [0.25, 0.3) is 5.91 Å². The highest BCUT2D eigenvalue weighted by atomic mass is 16.5. The summed E-state index contributed by atoms with van der Waals surface area (Å²) >= 11 is 0. The third-order valence-electron chi connectivity index (χ3n) is 6.69. The van der Waals surface area contributed by atoms with Crippen LogP contribution in [0, 0.1) is 6.92 Å². The first-order valence-corrected chi connectivity index (χ1v) is 10.9. The molecule has 2 aromatic rings. The second-order valence-corrected chi connectivity index (χ2v) is 8.51. The molecule has 3 aliphatic rings.